The lowest BCUT2D eigenvalue weighted by Crippen LogP contribution is -2.71. The number of nitrogens with zero attached hydrogens (tertiary/aromatic N) is 2. The van der Waals surface area contributed by atoms with E-state index in [1.807, 2.05) is 0 Å². The van der Waals surface area contributed by atoms with Crippen molar-refractivity contribution in [2.75, 3.05) is 0 Å². The van der Waals surface area contributed by atoms with Crippen LogP contribution in [0.1, 0.15) is 82.1 Å². The smallest absolute Gasteiger partial charge is 0.417 e. The maximum atomic E-state index is 13.2. The predicted octanol–water partition coefficient (Wildman–Crippen LogP) is 4.11. The lowest BCUT2D eigenvalue weighted by atomic mass is 9.69. The van der Waals surface area contributed by atoms with E-state index in [9.17, 15) is 19.2 Å². The molecule has 2 atom stereocenters. The van der Waals surface area contributed by atoms with Crippen LogP contribution in [0.3, 0.4) is 0 Å². The second-order valence-electron chi connectivity index (χ2n) is 11.6. The first-order valence-corrected chi connectivity index (χ1v) is 10.4. The molecule has 30 heavy (non-hydrogen) atoms. The number of piperidine rings is 2. The third kappa shape index (κ3) is 4.78. The zero-order chi connectivity index (χ0) is 23.4. The van der Waals surface area contributed by atoms with Crippen LogP contribution in [0.4, 0.5) is 9.59 Å². The maximum absolute atomic E-state index is 13.2. The Morgan fingerprint density at radius 2 is 1.00 bits per heavy atom. The van der Waals surface area contributed by atoms with Gasteiger partial charge in [0.2, 0.25) is 11.8 Å². The van der Waals surface area contributed by atoms with Crippen molar-refractivity contribution in [2.24, 2.45) is 10.8 Å². The first-order chi connectivity index (χ1) is 13.3. The van der Waals surface area contributed by atoms with Gasteiger partial charge in [0.05, 0.1) is 12.1 Å². The number of likely N-dealkylation sites (tertiary alicyclic amines) is 2. The van der Waals surface area contributed by atoms with E-state index in [0.717, 1.165) is 9.80 Å². The van der Waals surface area contributed by atoms with Crippen LogP contribution in [0.25, 0.3) is 0 Å². The Morgan fingerprint density at radius 3 is 1.23 bits per heavy atom. The van der Waals surface area contributed by atoms with Crippen molar-refractivity contribution in [3.63, 3.8) is 0 Å². The van der Waals surface area contributed by atoms with Crippen LogP contribution in [0.2, 0.25) is 0 Å². The van der Waals surface area contributed by atoms with Crippen molar-refractivity contribution >= 4 is 24.0 Å². The van der Waals surface area contributed by atoms with Gasteiger partial charge < -0.3 is 9.47 Å². The molecule has 0 aromatic carbocycles. The van der Waals surface area contributed by atoms with Crippen molar-refractivity contribution in [3.8, 4) is 0 Å². The van der Waals surface area contributed by atoms with Crippen LogP contribution in [-0.4, -0.2) is 57.1 Å². The summed E-state index contributed by atoms with van der Waals surface area (Å²) in [5, 5.41) is 0. The van der Waals surface area contributed by atoms with Crippen molar-refractivity contribution in [1.82, 2.24) is 9.80 Å². The minimum Gasteiger partial charge on any atom is -0.443 e. The van der Waals surface area contributed by atoms with Crippen LogP contribution in [0.5, 0.6) is 0 Å². The quantitative estimate of drug-likeness (QED) is 0.581. The molecule has 0 unspecified atom stereocenters. The first-order valence-electron chi connectivity index (χ1n) is 10.4. The number of rotatable bonds is 0. The van der Waals surface area contributed by atoms with E-state index in [2.05, 4.69) is 0 Å². The zero-order valence-electron chi connectivity index (χ0n) is 19.9. The van der Waals surface area contributed by atoms with Crippen LogP contribution in [0, 0.1) is 10.8 Å². The first kappa shape index (κ1) is 24.2. The molecule has 0 N–H and O–H groups in total. The number of fused-ring (bicyclic) bond motifs is 1. The molecule has 0 aliphatic carbocycles. The SMILES string of the molecule is CC(C)(C)OC(=O)N1C(=O)C(C)(C)C[C@@H]2[C@H]1CC(C)(C)C(=O)N2C(=O)OC(C)(C)C. The van der Waals surface area contributed by atoms with Gasteiger partial charge in [0.1, 0.15) is 11.2 Å². The van der Waals surface area contributed by atoms with Gasteiger partial charge in [-0.05, 0) is 54.4 Å². The third-order valence-corrected chi connectivity index (χ3v) is 5.32. The van der Waals surface area contributed by atoms with Gasteiger partial charge in [-0.25, -0.2) is 19.4 Å². The van der Waals surface area contributed by atoms with E-state index in [4.69, 9.17) is 9.47 Å². The number of imide groups is 2. The molecule has 2 aliphatic heterocycles. The molecule has 2 aliphatic rings. The van der Waals surface area contributed by atoms with Crippen molar-refractivity contribution in [3.05, 3.63) is 0 Å². The summed E-state index contributed by atoms with van der Waals surface area (Å²) in [4.78, 5) is 54.8. The molecule has 2 saturated heterocycles. The Balaban J connectivity index is 2.55. The standard InChI is InChI=1S/C22H36N2O6/c1-19(2,3)29-17(27)23-13-11-22(9,10)16(26)24(18(28)30-20(4,5)6)14(13)12-21(7,8)15(23)25/h13-14H,11-12H2,1-10H3/t13-,14-/m1/s1. The minimum absolute atomic E-state index is 0.247. The number of carbonyl (C=O) groups is 4. The van der Waals surface area contributed by atoms with E-state index in [1.165, 1.54) is 0 Å². The van der Waals surface area contributed by atoms with Gasteiger partial charge in [0, 0.05) is 10.8 Å². The number of hydrogen-bond acceptors (Lipinski definition) is 6. The number of hydrogen-bond donors (Lipinski definition) is 0. The average Bonchev–Trinajstić information content (AvgIpc) is 2.47. The fourth-order valence-corrected chi connectivity index (χ4v) is 4.03. The Kier molecular flexibility index (Phi) is 5.83. The van der Waals surface area contributed by atoms with Crippen molar-refractivity contribution in [1.29, 1.82) is 0 Å². The summed E-state index contributed by atoms with van der Waals surface area (Å²) in [5.41, 5.74) is -3.50. The second-order valence-corrected chi connectivity index (χ2v) is 11.6. The highest BCUT2D eigenvalue weighted by molar-refractivity contribution is 6.00. The van der Waals surface area contributed by atoms with E-state index < -0.39 is 46.3 Å². The Hall–Kier alpha value is -2.12. The summed E-state index contributed by atoms with van der Waals surface area (Å²) in [5.74, 6) is -0.737. The van der Waals surface area contributed by atoms with Gasteiger partial charge in [0.15, 0.2) is 0 Å². The Bertz CT molecular complexity index is 693. The van der Waals surface area contributed by atoms with E-state index >= 15 is 0 Å². The lowest BCUT2D eigenvalue weighted by molar-refractivity contribution is -0.167. The average molecular weight is 425 g/mol. The number of carbonyl (C=O) groups excluding carboxylic acids is 4. The molecule has 0 aromatic heterocycles. The molecule has 0 aromatic rings. The summed E-state index contributed by atoms with van der Waals surface area (Å²) in [6.45, 7) is 17.2. The largest absolute Gasteiger partial charge is 0.443 e. The highest BCUT2D eigenvalue weighted by Crippen LogP contribution is 2.45. The molecule has 2 fully saturated rings. The summed E-state index contributed by atoms with van der Waals surface area (Å²) in [6.07, 6.45) is -1.03. The van der Waals surface area contributed by atoms with Gasteiger partial charge in [-0.15, -0.1) is 0 Å². The topological polar surface area (TPSA) is 93.2 Å². The fraction of sp³-hybridized carbons (Fsp3) is 0.818. The summed E-state index contributed by atoms with van der Waals surface area (Å²) < 4.78 is 11.0. The molecule has 8 heteroatoms. The van der Waals surface area contributed by atoms with Crippen molar-refractivity contribution < 1.29 is 28.7 Å². The molecule has 4 amide bonds. The minimum atomic E-state index is -0.958. The molecule has 0 radical (unpaired) electrons. The normalized spacial score (nSPS) is 26.2. The second kappa shape index (κ2) is 7.24. The molecule has 0 bridgehead atoms. The molecule has 8 nitrogen and oxygen atoms in total. The van der Waals surface area contributed by atoms with Crippen LogP contribution >= 0.6 is 0 Å². The lowest BCUT2D eigenvalue weighted by Gasteiger charge is -2.54. The Labute approximate surface area is 179 Å². The van der Waals surface area contributed by atoms with Gasteiger partial charge in [0.25, 0.3) is 0 Å². The van der Waals surface area contributed by atoms with Gasteiger partial charge in [-0.1, -0.05) is 27.7 Å². The molecule has 0 spiro atoms. The molecule has 2 heterocycles. The van der Waals surface area contributed by atoms with Gasteiger partial charge in [-0.3, -0.25) is 9.59 Å². The fourth-order valence-electron chi connectivity index (χ4n) is 4.03. The molecular formula is C22H36N2O6. The highest BCUT2D eigenvalue weighted by atomic mass is 16.6. The molecular weight excluding hydrogens is 388 g/mol. The van der Waals surface area contributed by atoms with Crippen LogP contribution < -0.4 is 0 Å². The molecule has 170 valence electrons. The molecule has 2 rings (SSSR count). The van der Waals surface area contributed by atoms with Crippen molar-refractivity contribution in [2.45, 2.75) is 105 Å². The van der Waals surface area contributed by atoms with Gasteiger partial charge >= 0.3 is 12.2 Å². The van der Waals surface area contributed by atoms with E-state index in [-0.39, 0.29) is 24.7 Å². The Morgan fingerprint density at radius 1 is 0.733 bits per heavy atom. The van der Waals surface area contributed by atoms with Crippen LogP contribution in [-0.2, 0) is 19.1 Å². The number of ether oxygens (including phenoxy) is 2. The third-order valence-electron chi connectivity index (χ3n) is 5.32. The van der Waals surface area contributed by atoms with E-state index in [1.54, 1.807) is 69.2 Å². The van der Waals surface area contributed by atoms with E-state index in [0.29, 0.717) is 0 Å². The highest BCUT2D eigenvalue weighted by Gasteiger charge is 2.59. The maximum Gasteiger partial charge on any atom is 0.417 e. The zero-order valence-corrected chi connectivity index (χ0v) is 19.9. The summed E-state index contributed by atoms with van der Waals surface area (Å²) in [7, 11) is 0. The summed E-state index contributed by atoms with van der Waals surface area (Å²) in [6, 6.07) is -1.36. The number of amides is 4. The monoisotopic (exact) mass is 424 g/mol. The predicted molar refractivity (Wildman–Crippen MR) is 111 cm³/mol. The summed E-state index contributed by atoms with van der Waals surface area (Å²) >= 11 is 0. The van der Waals surface area contributed by atoms with Gasteiger partial charge in [-0.2, -0.15) is 0 Å². The molecule has 0 saturated carbocycles. The van der Waals surface area contributed by atoms with Crippen LogP contribution in [0.15, 0.2) is 0 Å².